The van der Waals surface area contributed by atoms with Gasteiger partial charge in [0.1, 0.15) is 5.82 Å². The van der Waals surface area contributed by atoms with Crippen LogP contribution in [0.15, 0.2) is 42.5 Å². The first-order valence-corrected chi connectivity index (χ1v) is 9.14. The van der Waals surface area contributed by atoms with Crippen LogP contribution in [-0.4, -0.2) is 20.1 Å². The Labute approximate surface area is 141 Å². The first-order valence-electron chi connectivity index (χ1n) is 7.49. The van der Waals surface area contributed by atoms with Gasteiger partial charge in [-0.05, 0) is 55.3 Å². The van der Waals surface area contributed by atoms with Crippen molar-refractivity contribution in [2.75, 3.05) is 15.8 Å². The molecule has 2 aromatic carbocycles. The number of nitrogens with one attached hydrogen (secondary N) is 2. The summed E-state index contributed by atoms with van der Waals surface area (Å²) in [4.78, 5) is 12.3. The fraction of sp³-hybridized carbons (Fsp3) is 0.235. The molecule has 0 aromatic heterocycles. The predicted molar refractivity (Wildman–Crippen MR) is 93.2 cm³/mol. The minimum absolute atomic E-state index is 0.0121. The summed E-state index contributed by atoms with van der Waals surface area (Å²) in [6.07, 6.45) is 0.499. The summed E-state index contributed by atoms with van der Waals surface area (Å²) >= 11 is 0. The molecule has 0 saturated carbocycles. The van der Waals surface area contributed by atoms with E-state index >= 15 is 0 Å². The summed E-state index contributed by atoms with van der Waals surface area (Å²) in [6.45, 7) is 3.46. The highest BCUT2D eigenvalue weighted by atomic mass is 32.2. The topological polar surface area (TPSA) is 75.3 Å². The lowest BCUT2D eigenvalue weighted by Gasteiger charge is -2.11. The molecule has 0 radical (unpaired) electrons. The zero-order chi connectivity index (χ0) is 17.7. The maximum Gasteiger partial charge on any atom is 0.255 e. The maximum absolute atomic E-state index is 13.1. The summed E-state index contributed by atoms with van der Waals surface area (Å²) in [5.74, 6) is -0.767. The second-order valence-electron chi connectivity index (χ2n) is 5.42. The number of halogens is 1. The molecule has 1 amide bonds. The number of sulfonamides is 1. The molecule has 0 aliphatic carbocycles. The number of hydrogen-bond acceptors (Lipinski definition) is 3. The van der Waals surface area contributed by atoms with Gasteiger partial charge in [0.25, 0.3) is 5.91 Å². The molecular weight excluding hydrogens is 331 g/mol. The van der Waals surface area contributed by atoms with Crippen molar-refractivity contribution < 1.29 is 17.6 Å². The Morgan fingerprint density at radius 2 is 1.92 bits per heavy atom. The Kier molecular flexibility index (Phi) is 5.56. The molecule has 0 saturated heterocycles. The number of anilines is 2. The lowest BCUT2D eigenvalue weighted by molar-refractivity contribution is 0.102. The Balaban J connectivity index is 2.17. The van der Waals surface area contributed by atoms with Gasteiger partial charge in [0.2, 0.25) is 10.0 Å². The predicted octanol–water partition coefficient (Wildman–Crippen LogP) is 3.54. The monoisotopic (exact) mass is 350 g/mol. The molecule has 24 heavy (non-hydrogen) atoms. The quantitative estimate of drug-likeness (QED) is 0.837. The minimum Gasteiger partial charge on any atom is -0.322 e. The summed E-state index contributed by atoms with van der Waals surface area (Å²) in [5, 5.41) is 2.69. The van der Waals surface area contributed by atoms with Gasteiger partial charge in [0.05, 0.1) is 5.75 Å². The number of carbonyl (C=O) groups is 1. The standard InChI is InChI=1S/C17H19FN2O3S/c1-3-9-24(22,23)20-15-6-4-5-13(11-15)17(21)19-16-8-7-14(18)10-12(16)2/h4-8,10-11,20H,3,9H2,1-2H3,(H,19,21). The number of rotatable bonds is 6. The van der Waals surface area contributed by atoms with Crippen LogP contribution in [0, 0.1) is 12.7 Å². The molecule has 0 spiro atoms. The summed E-state index contributed by atoms with van der Waals surface area (Å²) < 4.78 is 39.1. The van der Waals surface area contributed by atoms with Crippen LogP contribution in [0.1, 0.15) is 29.3 Å². The van der Waals surface area contributed by atoms with Gasteiger partial charge in [-0.15, -0.1) is 0 Å². The molecule has 0 fully saturated rings. The fourth-order valence-corrected chi connectivity index (χ4v) is 3.31. The highest BCUT2D eigenvalue weighted by molar-refractivity contribution is 7.92. The van der Waals surface area contributed by atoms with E-state index in [2.05, 4.69) is 10.0 Å². The molecule has 2 rings (SSSR count). The molecule has 5 nitrogen and oxygen atoms in total. The minimum atomic E-state index is -3.42. The van der Waals surface area contributed by atoms with Crippen molar-refractivity contribution in [2.24, 2.45) is 0 Å². The third-order valence-corrected chi connectivity index (χ3v) is 4.80. The van der Waals surface area contributed by atoms with Crippen LogP contribution in [0.5, 0.6) is 0 Å². The lowest BCUT2D eigenvalue weighted by atomic mass is 10.1. The second-order valence-corrected chi connectivity index (χ2v) is 7.26. The zero-order valence-electron chi connectivity index (χ0n) is 13.5. The normalized spacial score (nSPS) is 11.1. The smallest absolute Gasteiger partial charge is 0.255 e. The van der Waals surface area contributed by atoms with E-state index in [0.29, 0.717) is 28.9 Å². The second kappa shape index (κ2) is 7.44. The van der Waals surface area contributed by atoms with E-state index in [1.54, 1.807) is 32.0 Å². The van der Waals surface area contributed by atoms with Crippen LogP contribution in [0.3, 0.4) is 0 Å². The van der Waals surface area contributed by atoms with Crippen LogP contribution >= 0.6 is 0 Å². The molecule has 0 aliphatic heterocycles. The zero-order valence-corrected chi connectivity index (χ0v) is 14.3. The van der Waals surface area contributed by atoms with Crippen LogP contribution in [0.4, 0.5) is 15.8 Å². The van der Waals surface area contributed by atoms with E-state index in [1.165, 1.54) is 24.3 Å². The SMILES string of the molecule is CCCS(=O)(=O)Nc1cccc(C(=O)Nc2ccc(F)cc2C)c1. The van der Waals surface area contributed by atoms with E-state index < -0.39 is 15.9 Å². The molecule has 0 unspecified atom stereocenters. The van der Waals surface area contributed by atoms with Crippen LogP contribution in [0.25, 0.3) is 0 Å². The summed E-state index contributed by atoms with van der Waals surface area (Å²) in [6, 6.07) is 10.3. The molecule has 0 heterocycles. The first kappa shape index (κ1) is 17.9. The third kappa shape index (κ3) is 4.79. The van der Waals surface area contributed by atoms with Crippen molar-refractivity contribution in [3.63, 3.8) is 0 Å². The van der Waals surface area contributed by atoms with Crippen LogP contribution < -0.4 is 10.0 Å². The number of carbonyl (C=O) groups excluding carboxylic acids is 1. The van der Waals surface area contributed by atoms with Gasteiger partial charge in [-0.1, -0.05) is 13.0 Å². The first-order chi connectivity index (χ1) is 11.3. The van der Waals surface area contributed by atoms with Gasteiger partial charge in [-0.3, -0.25) is 9.52 Å². The third-order valence-electron chi connectivity index (χ3n) is 3.31. The largest absolute Gasteiger partial charge is 0.322 e. The fourth-order valence-electron chi connectivity index (χ4n) is 2.19. The van der Waals surface area contributed by atoms with E-state index in [4.69, 9.17) is 0 Å². The number of amides is 1. The van der Waals surface area contributed by atoms with E-state index in [9.17, 15) is 17.6 Å². The Morgan fingerprint density at radius 1 is 1.17 bits per heavy atom. The Morgan fingerprint density at radius 3 is 2.58 bits per heavy atom. The molecule has 0 atom stereocenters. The number of aryl methyl sites for hydroxylation is 1. The van der Waals surface area contributed by atoms with Crippen molar-refractivity contribution in [1.82, 2.24) is 0 Å². The Bertz CT molecular complexity index is 851. The van der Waals surface area contributed by atoms with Crippen LogP contribution in [0.2, 0.25) is 0 Å². The number of benzene rings is 2. The average molecular weight is 350 g/mol. The Hall–Kier alpha value is -2.41. The highest BCUT2D eigenvalue weighted by Gasteiger charge is 2.12. The van der Waals surface area contributed by atoms with E-state index in [0.717, 1.165) is 0 Å². The lowest BCUT2D eigenvalue weighted by Crippen LogP contribution is -2.17. The summed E-state index contributed by atoms with van der Waals surface area (Å²) in [7, 11) is -3.42. The summed E-state index contributed by atoms with van der Waals surface area (Å²) in [5.41, 5.74) is 1.73. The van der Waals surface area contributed by atoms with Crippen molar-refractivity contribution in [1.29, 1.82) is 0 Å². The molecule has 0 bridgehead atoms. The maximum atomic E-state index is 13.1. The van der Waals surface area contributed by atoms with Crippen molar-refractivity contribution in [3.8, 4) is 0 Å². The van der Waals surface area contributed by atoms with Gasteiger partial charge >= 0.3 is 0 Å². The number of hydrogen-bond donors (Lipinski definition) is 2. The van der Waals surface area contributed by atoms with Gasteiger partial charge in [-0.25, -0.2) is 12.8 Å². The van der Waals surface area contributed by atoms with Crippen molar-refractivity contribution in [2.45, 2.75) is 20.3 Å². The van der Waals surface area contributed by atoms with Gasteiger partial charge < -0.3 is 5.32 Å². The van der Waals surface area contributed by atoms with Crippen molar-refractivity contribution in [3.05, 3.63) is 59.4 Å². The van der Waals surface area contributed by atoms with E-state index in [-0.39, 0.29) is 11.6 Å². The van der Waals surface area contributed by atoms with E-state index in [1.807, 2.05) is 0 Å². The van der Waals surface area contributed by atoms with Gasteiger partial charge in [0, 0.05) is 16.9 Å². The molecule has 2 aromatic rings. The molecule has 128 valence electrons. The van der Waals surface area contributed by atoms with Crippen molar-refractivity contribution >= 4 is 27.3 Å². The molecular formula is C17H19FN2O3S. The highest BCUT2D eigenvalue weighted by Crippen LogP contribution is 2.18. The average Bonchev–Trinajstić information content (AvgIpc) is 2.49. The van der Waals surface area contributed by atoms with Gasteiger partial charge in [-0.2, -0.15) is 0 Å². The molecule has 0 aliphatic rings. The van der Waals surface area contributed by atoms with Gasteiger partial charge in [0.15, 0.2) is 0 Å². The molecule has 7 heteroatoms. The van der Waals surface area contributed by atoms with Crippen LogP contribution in [-0.2, 0) is 10.0 Å². The molecule has 2 N–H and O–H groups in total.